The molecule has 2 aliphatic rings. The number of rotatable bonds is 9. The standard InChI is InChI=1S/C28H28F5N5O4S/c1-26(2)22(15-9-11-17(40-5)20-21(15)43-24(34-20)28(31,32)33)36-38(25(26)39)12-6-7-13-41-16-10-8-14(18(29)19(16)30)23-27(3,4)42-37-35-23/h8-11,37H,6-7,12-13H2,1-5H3. The lowest BCUT2D eigenvalue weighted by Crippen LogP contribution is -2.35. The van der Waals surface area contributed by atoms with Crippen LogP contribution < -0.4 is 15.1 Å². The maximum absolute atomic E-state index is 14.8. The third-order valence-electron chi connectivity index (χ3n) is 7.16. The molecule has 0 unspecified atom stereocenters. The molecule has 1 aromatic heterocycles. The van der Waals surface area contributed by atoms with E-state index in [-0.39, 0.29) is 52.0 Å². The van der Waals surface area contributed by atoms with Gasteiger partial charge in [-0.2, -0.15) is 33.4 Å². The number of halogens is 5. The Labute approximate surface area is 247 Å². The first kappa shape index (κ1) is 30.6. The molecule has 230 valence electrons. The lowest BCUT2D eigenvalue weighted by atomic mass is 9.83. The number of alkyl halides is 3. The molecule has 3 heterocycles. The van der Waals surface area contributed by atoms with Crippen molar-refractivity contribution in [2.24, 2.45) is 15.6 Å². The molecule has 0 atom stereocenters. The van der Waals surface area contributed by atoms with E-state index in [0.717, 1.165) is 0 Å². The normalized spacial score (nSPS) is 17.7. The summed E-state index contributed by atoms with van der Waals surface area (Å²) >= 11 is 0.466. The summed E-state index contributed by atoms with van der Waals surface area (Å²) in [5.41, 5.74) is 1.12. The Bertz CT molecular complexity index is 1650. The molecule has 15 heteroatoms. The maximum Gasteiger partial charge on any atom is 0.443 e. The van der Waals surface area contributed by atoms with Crippen LogP contribution in [0.3, 0.4) is 0 Å². The Kier molecular flexibility index (Phi) is 7.84. The van der Waals surface area contributed by atoms with Crippen molar-refractivity contribution in [2.45, 2.75) is 52.3 Å². The highest BCUT2D eigenvalue weighted by molar-refractivity contribution is 7.19. The highest BCUT2D eigenvalue weighted by Crippen LogP contribution is 2.43. The fourth-order valence-electron chi connectivity index (χ4n) is 4.83. The highest BCUT2D eigenvalue weighted by atomic mass is 32.1. The van der Waals surface area contributed by atoms with E-state index in [1.165, 1.54) is 30.3 Å². The molecule has 9 nitrogen and oxygen atoms in total. The van der Waals surface area contributed by atoms with Gasteiger partial charge in [0.05, 0.1) is 29.5 Å². The molecular weight excluding hydrogens is 597 g/mol. The van der Waals surface area contributed by atoms with Gasteiger partial charge in [-0.1, -0.05) is 0 Å². The fourth-order valence-corrected chi connectivity index (χ4v) is 5.80. The number of hydrogen-bond acceptors (Lipinski definition) is 9. The number of fused-ring (bicyclic) bond motifs is 1. The van der Waals surface area contributed by atoms with Gasteiger partial charge in [0.25, 0.3) is 5.91 Å². The van der Waals surface area contributed by atoms with Crippen LogP contribution in [0, 0.1) is 17.0 Å². The maximum atomic E-state index is 14.8. The van der Waals surface area contributed by atoms with Gasteiger partial charge in [0.1, 0.15) is 22.6 Å². The summed E-state index contributed by atoms with van der Waals surface area (Å²) in [7, 11) is 1.34. The molecule has 0 bridgehead atoms. The van der Waals surface area contributed by atoms with Gasteiger partial charge in [-0.05, 0) is 64.8 Å². The Morgan fingerprint density at radius 3 is 2.35 bits per heavy atom. The zero-order chi connectivity index (χ0) is 31.3. The monoisotopic (exact) mass is 625 g/mol. The molecule has 0 spiro atoms. The third kappa shape index (κ3) is 5.51. The quantitative estimate of drug-likeness (QED) is 0.230. The van der Waals surface area contributed by atoms with Gasteiger partial charge in [-0.15, -0.1) is 11.3 Å². The van der Waals surface area contributed by atoms with Crippen molar-refractivity contribution in [3.05, 3.63) is 52.0 Å². The summed E-state index contributed by atoms with van der Waals surface area (Å²) in [6, 6.07) is 5.76. The minimum Gasteiger partial charge on any atom is -0.494 e. The number of hydrogen-bond donors (Lipinski definition) is 1. The second kappa shape index (κ2) is 11.0. The molecule has 2 aromatic carbocycles. The largest absolute Gasteiger partial charge is 0.494 e. The van der Waals surface area contributed by atoms with Gasteiger partial charge < -0.3 is 9.47 Å². The molecule has 1 N–H and O–H groups in total. The molecule has 5 rings (SSSR count). The minimum atomic E-state index is -4.65. The van der Waals surface area contributed by atoms with Crippen LogP contribution in [0.25, 0.3) is 10.2 Å². The number of aromatic nitrogens is 1. The smallest absolute Gasteiger partial charge is 0.443 e. The number of benzene rings is 2. The second-order valence-corrected chi connectivity index (χ2v) is 12.0. The summed E-state index contributed by atoms with van der Waals surface area (Å²) in [6.45, 7) is 6.85. The van der Waals surface area contributed by atoms with Crippen LogP contribution >= 0.6 is 11.3 Å². The number of thiazole rings is 1. The van der Waals surface area contributed by atoms with Crippen molar-refractivity contribution in [1.29, 1.82) is 0 Å². The van der Waals surface area contributed by atoms with Crippen molar-refractivity contribution < 1.29 is 41.1 Å². The molecule has 1 amide bonds. The first-order valence-corrected chi connectivity index (χ1v) is 14.1. The van der Waals surface area contributed by atoms with Crippen molar-refractivity contribution >= 4 is 38.9 Å². The predicted octanol–water partition coefficient (Wildman–Crippen LogP) is 6.05. The highest BCUT2D eigenvalue weighted by Gasteiger charge is 2.45. The topological polar surface area (TPSA) is 97.6 Å². The zero-order valence-electron chi connectivity index (χ0n) is 23.9. The van der Waals surface area contributed by atoms with Gasteiger partial charge in [-0.3, -0.25) is 4.79 Å². The number of carbonyl (C=O) groups excluding carboxylic acids is 1. The van der Waals surface area contributed by atoms with Crippen LogP contribution in [0.15, 0.2) is 34.5 Å². The number of amides is 1. The summed E-state index contributed by atoms with van der Waals surface area (Å²) in [5.74, 6) is -2.68. The van der Waals surface area contributed by atoms with E-state index in [2.05, 4.69) is 20.8 Å². The average molecular weight is 626 g/mol. The first-order valence-electron chi connectivity index (χ1n) is 13.2. The lowest BCUT2D eigenvalue weighted by molar-refractivity contribution is -0.137. The summed E-state index contributed by atoms with van der Waals surface area (Å²) in [6.07, 6.45) is -3.86. The average Bonchev–Trinajstić information content (AvgIpc) is 3.60. The molecule has 43 heavy (non-hydrogen) atoms. The molecular formula is C28H28F5N5O4S. The molecule has 0 fully saturated rings. The minimum absolute atomic E-state index is 0.0367. The number of nitrogens with zero attached hydrogens (tertiary/aromatic N) is 4. The number of unbranched alkanes of at least 4 members (excludes halogenated alkanes) is 1. The Morgan fingerprint density at radius 1 is 1.00 bits per heavy atom. The molecule has 0 saturated heterocycles. The first-order chi connectivity index (χ1) is 20.2. The van der Waals surface area contributed by atoms with Crippen molar-refractivity contribution in [3.8, 4) is 11.5 Å². The zero-order valence-corrected chi connectivity index (χ0v) is 24.7. The van der Waals surface area contributed by atoms with Crippen molar-refractivity contribution in [3.63, 3.8) is 0 Å². The van der Waals surface area contributed by atoms with Crippen LogP contribution in [0.5, 0.6) is 11.5 Å². The number of carbonyl (C=O) groups is 1. The van der Waals surface area contributed by atoms with E-state index in [1.54, 1.807) is 33.8 Å². The van der Waals surface area contributed by atoms with Crippen molar-refractivity contribution in [2.75, 3.05) is 20.3 Å². The molecule has 0 saturated carbocycles. The number of nitrogens with one attached hydrogen (secondary N) is 1. The van der Waals surface area contributed by atoms with E-state index in [1.807, 2.05) is 0 Å². The van der Waals surface area contributed by atoms with E-state index in [4.69, 9.17) is 14.3 Å². The van der Waals surface area contributed by atoms with Crippen molar-refractivity contribution in [1.82, 2.24) is 15.6 Å². The van der Waals surface area contributed by atoms with Gasteiger partial charge in [-0.25, -0.2) is 19.2 Å². The Balaban J connectivity index is 1.26. The number of methoxy groups -OCH3 is 1. The SMILES string of the molecule is COc1ccc(C2=NN(CCCCOc3ccc(C4=NNOC4(C)C)c(F)c3F)C(=O)C2(C)C)c2sc(C(F)(F)F)nc12. The van der Waals surface area contributed by atoms with E-state index < -0.39 is 33.8 Å². The Hall–Kier alpha value is -3.85. The lowest BCUT2D eigenvalue weighted by Gasteiger charge is -2.20. The number of ether oxygens (including phenoxy) is 2. The molecule has 3 aromatic rings. The summed E-state index contributed by atoms with van der Waals surface area (Å²) in [5, 5.41) is 8.62. The predicted molar refractivity (Wildman–Crippen MR) is 149 cm³/mol. The molecule has 2 aliphatic heterocycles. The van der Waals surface area contributed by atoms with Crippen LogP contribution in [-0.4, -0.2) is 53.2 Å². The fraction of sp³-hybridized carbons (Fsp3) is 0.429. The van der Waals surface area contributed by atoms with Gasteiger partial charge >= 0.3 is 6.18 Å². The second-order valence-electron chi connectivity index (χ2n) is 11.0. The van der Waals surface area contributed by atoms with Crippen LogP contribution in [0.2, 0.25) is 0 Å². The summed E-state index contributed by atoms with van der Waals surface area (Å²) < 4.78 is 80.8. The Morgan fingerprint density at radius 2 is 1.70 bits per heavy atom. The van der Waals surface area contributed by atoms with E-state index >= 15 is 0 Å². The van der Waals surface area contributed by atoms with Gasteiger partial charge in [0.15, 0.2) is 16.6 Å². The van der Waals surface area contributed by atoms with Gasteiger partial charge in [0.2, 0.25) is 5.82 Å². The van der Waals surface area contributed by atoms with Gasteiger partial charge in [0, 0.05) is 17.7 Å². The van der Waals surface area contributed by atoms with E-state index in [9.17, 15) is 26.7 Å². The molecule has 0 aliphatic carbocycles. The summed E-state index contributed by atoms with van der Waals surface area (Å²) in [4.78, 5) is 22.2. The van der Waals surface area contributed by atoms with Crippen LogP contribution in [-0.2, 0) is 15.8 Å². The number of hydrazone groups is 2. The van der Waals surface area contributed by atoms with Crippen LogP contribution in [0.1, 0.15) is 56.7 Å². The molecule has 0 radical (unpaired) electrons. The van der Waals surface area contributed by atoms with E-state index in [0.29, 0.717) is 35.5 Å². The van der Waals surface area contributed by atoms with Crippen LogP contribution in [0.4, 0.5) is 22.0 Å². The third-order valence-corrected chi connectivity index (χ3v) is 8.29.